The highest BCUT2D eigenvalue weighted by atomic mass is 16.6. The summed E-state index contributed by atoms with van der Waals surface area (Å²) in [6, 6.07) is 8.54. The van der Waals surface area contributed by atoms with E-state index in [0.29, 0.717) is 24.0 Å². The number of cyclic esters (lactones) is 1. The Balaban J connectivity index is 1.43. The summed E-state index contributed by atoms with van der Waals surface area (Å²) in [5, 5.41) is 23.4. The first kappa shape index (κ1) is 27.1. The van der Waals surface area contributed by atoms with E-state index >= 15 is 0 Å². The average Bonchev–Trinajstić information content (AvgIpc) is 3.23. The van der Waals surface area contributed by atoms with Crippen molar-refractivity contribution in [2.75, 3.05) is 19.8 Å². The molecule has 1 saturated heterocycles. The maximum atomic E-state index is 12.5. The van der Waals surface area contributed by atoms with Crippen LogP contribution in [-0.2, 0) is 19.1 Å². The Bertz CT molecular complexity index is 1080. The van der Waals surface area contributed by atoms with Crippen molar-refractivity contribution in [3.05, 3.63) is 59.7 Å². The molecular formula is C29H37NO7. The lowest BCUT2D eigenvalue weighted by Gasteiger charge is -2.59. The molecule has 2 aliphatic carbocycles. The largest absolute Gasteiger partial charge is 0.458 e. The van der Waals surface area contributed by atoms with Gasteiger partial charge in [-0.05, 0) is 61.5 Å². The predicted octanol–water partition coefficient (Wildman–Crippen LogP) is 2.94. The lowest BCUT2D eigenvalue weighted by molar-refractivity contribution is -0.151. The number of carbonyl (C=O) groups is 3. The minimum absolute atomic E-state index is 0.0482. The fraction of sp³-hybridized carbons (Fsp3) is 0.552. The second-order valence-corrected chi connectivity index (χ2v) is 11.0. The molecule has 0 aromatic heterocycles. The van der Waals surface area contributed by atoms with Crippen LogP contribution in [0.3, 0.4) is 0 Å². The number of fused-ring (bicyclic) bond motifs is 1. The van der Waals surface area contributed by atoms with Gasteiger partial charge in [-0.25, -0.2) is 4.79 Å². The monoisotopic (exact) mass is 511 g/mol. The van der Waals surface area contributed by atoms with Crippen molar-refractivity contribution in [1.82, 2.24) is 5.32 Å². The smallest absolute Gasteiger partial charge is 0.337 e. The van der Waals surface area contributed by atoms with Gasteiger partial charge in [0.15, 0.2) is 6.10 Å². The highest BCUT2D eigenvalue weighted by Gasteiger charge is 2.57. The van der Waals surface area contributed by atoms with Crippen LogP contribution in [0.1, 0.15) is 56.3 Å². The van der Waals surface area contributed by atoms with Crippen LogP contribution in [0.2, 0.25) is 0 Å². The number of hydrogen-bond acceptors (Lipinski definition) is 7. The fourth-order valence-corrected chi connectivity index (χ4v) is 6.69. The molecule has 0 bridgehead atoms. The molecule has 3 aliphatic rings. The van der Waals surface area contributed by atoms with Gasteiger partial charge in [0.2, 0.25) is 0 Å². The third-order valence-electron chi connectivity index (χ3n) is 8.92. The highest BCUT2D eigenvalue weighted by molar-refractivity contribution is 5.96. The van der Waals surface area contributed by atoms with Crippen LogP contribution in [0.5, 0.6) is 0 Å². The number of amides is 1. The van der Waals surface area contributed by atoms with Crippen molar-refractivity contribution in [2.45, 2.75) is 58.2 Å². The number of hydrogen-bond donors (Lipinski definition) is 3. The summed E-state index contributed by atoms with van der Waals surface area (Å²) >= 11 is 0. The van der Waals surface area contributed by atoms with E-state index in [1.165, 1.54) is 0 Å². The van der Waals surface area contributed by atoms with E-state index in [1.54, 1.807) is 36.4 Å². The van der Waals surface area contributed by atoms with Crippen molar-refractivity contribution in [3.63, 3.8) is 0 Å². The lowest BCUT2D eigenvalue weighted by Crippen LogP contribution is -2.57. The molecular weight excluding hydrogens is 474 g/mol. The molecule has 1 aromatic carbocycles. The van der Waals surface area contributed by atoms with Gasteiger partial charge in [-0.15, -0.1) is 0 Å². The maximum Gasteiger partial charge on any atom is 0.337 e. The van der Waals surface area contributed by atoms with E-state index in [0.717, 1.165) is 24.8 Å². The van der Waals surface area contributed by atoms with Gasteiger partial charge in [-0.3, -0.25) is 9.59 Å². The van der Waals surface area contributed by atoms with Crippen LogP contribution in [0.25, 0.3) is 0 Å². The Hall–Kier alpha value is -2.97. The Morgan fingerprint density at radius 1 is 1.24 bits per heavy atom. The quantitative estimate of drug-likeness (QED) is 0.292. The van der Waals surface area contributed by atoms with Crippen molar-refractivity contribution >= 4 is 17.8 Å². The first-order chi connectivity index (χ1) is 17.6. The fourth-order valence-electron chi connectivity index (χ4n) is 6.69. The summed E-state index contributed by atoms with van der Waals surface area (Å²) in [7, 11) is 0. The molecule has 0 spiro atoms. The van der Waals surface area contributed by atoms with Crippen LogP contribution < -0.4 is 5.32 Å². The number of rotatable bonds is 7. The second-order valence-electron chi connectivity index (χ2n) is 11.0. The Labute approximate surface area is 217 Å². The van der Waals surface area contributed by atoms with Gasteiger partial charge in [-0.2, -0.15) is 0 Å². The number of nitrogens with one attached hydrogen (secondary N) is 1. The number of ether oxygens (including phenoxy) is 2. The zero-order chi connectivity index (χ0) is 26.8. The summed E-state index contributed by atoms with van der Waals surface area (Å²) in [6.07, 6.45) is 3.95. The van der Waals surface area contributed by atoms with E-state index in [-0.39, 0.29) is 37.0 Å². The first-order valence-corrected chi connectivity index (χ1v) is 13.0. The third-order valence-corrected chi connectivity index (χ3v) is 8.92. The summed E-state index contributed by atoms with van der Waals surface area (Å²) < 4.78 is 10.7. The maximum absolute atomic E-state index is 12.5. The van der Waals surface area contributed by atoms with Crippen LogP contribution >= 0.6 is 0 Å². The molecule has 3 N–H and O–H groups in total. The molecule has 3 unspecified atom stereocenters. The van der Waals surface area contributed by atoms with E-state index in [2.05, 4.69) is 18.8 Å². The van der Waals surface area contributed by atoms with Gasteiger partial charge in [0.1, 0.15) is 13.2 Å². The molecule has 4 rings (SSSR count). The number of allylic oxidation sites excluding steroid dienone is 2. The zero-order valence-electron chi connectivity index (χ0n) is 21.6. The SMILES string of the molecule is C=C1CCC2[C@](C)(CO)C(O)CC[C@]2(C)[C@H]1C/C=C1/C(=O)OCC1OC(=O)CNC(=O)c1ccccc1. The molecule has 37 heavy (non-hydrogen) atoms. The van der Waals surface area contributed by atoms with E-state index in [9.17, 15) is 24.6 Å². The van der Waals surface area contributed by atoms with Crippen molar-refractivity contribution in [3.8, 4) is 0 Å². The predicted molar refractivity (Wildman–Crippen MR) is 136 cm³/mol. The molecule has 6 atom stereocenters. The van der Waals surface area contributed by atoms with E-state index in [4.69, 9.17) is 9.47 Å². The van der Waals surface area contributed by atoms with Gasteiger partial charge < -0.3 is 25.0 Å². The summed E-state index contributed by atoms with van der Waals surface area (Å²) in [5.74, 6) is -1.41. The lowest BCUT2D eigenvalue weighted by atomic mass is 9.46. The second kappa shape index (κ2) is 10.8. The molecule has 1 amide bonds. The van der Waals surface area contributed by atoms with Gasteiger partial charge in [-0.1, -0.05) is 50.3 Å². The third kappa shape index (κ3) is 5.22. The number of benzene rings is 1. The van der Waals surface area contributed by atoms with E-state index in [1.807, 2.05) is 6.92 Å². The number of aliphatic hydroxyl groups is 2. The van der Waals surface area contributed by atoms with Crippen LogP contribution in [-0.4, -0.2) is 60.0 Å². The van der Waals surface area contributed by atoms with Gasteiger partial charge in [0.25, 0.3) is 5.91 Å². The Morgan fingerprint density at radius 2 is 1.97 bits per heavy atom. The first-order valence-electron chi connectivity index (χ1n) is 13.0. The topological polar surface area (TPSA) is 122 Å². The summed E-state index contributed by atoms with van der Waals surface area (Å²) in [5.41, 5.74) is 1.03. The van der Waals surface area contributed by atoms with Gasteiger partial charge >= 0.3 is 11.9 Å². The summed E-state index contributed by atoms with van der Waals surface area (Å²) in [4.78, 5) is 37.1. The number of carbonyl (C=O) groups excluding carboxylic acids is 3. The van der Waals surface area contributed by atoms with Crippen LogP contribution in [0, 0.1) is 22.7 Å². The minimum atomic E-state index is -0.843. The number of aliphatic hydroxyl groups excluding tert-OH is 2. The minimum Gasteiger partial charge on any atom is -0.458 e. The summed E-state index contributed by atoms with van der Waals surface area (Å²) in [6.45, 7) is 8.01. The van der Waals surface area contributed by atoms with Crippen LogP contribution in [0.15, 0.2) is 54.1 Å². The molecule has 1 aliphatic heterocycles. The molecule has 200 valence electrons. The average molecular weight is 512 g/mol. The molecule has 1 heterocycles. The molecule has 1 aromatic rings. The standard InChI is InChI=1S/C29H37NO7/c1-18-9-12-23-28(2,14-13-24(32)29(23,3)17-31)21(18)11-10-20-22(16-36-27(20)35)37-25(33)15-30-26(34)19-7-5-4-6-8-19/h4-8,10,21-24,31-32H,1,9,11-17H2,2-3H3,(H,30,34)/b20-10+/t21-,22?,23?,24?,28+,29-/m0/s1. The molecule has 8 heteroatoms. The number of esters is 2. The zero-order valence-corrected chi connectivity index (χ0v) is 21.6. The van der Waals surface area contributed by atoms with E-state index < -0.39 is 35.5 Å². The van der Waals surface area contributed by atoms with Crippen molar-refractivity contribution < 1.29 is 34.1 Å². The Kier molecular flexibility index (Phi) is 7.90. The normalized spacial score (nSPS) is 34.5. The molecule has 2 saturated carbocycles. The van der Waals surface area contributed by atoms with Crippen molar-refractivity contribution in [1.29, 1.82) is 0 Å². The van der Waals surface area contributed by atoms with Gasteiger partial charge in [0, 0.05) is 11.0 Å². The molecule has 0 radical (unpaired) electrons. The van der Waals surface area contributed by atoms with Gasteiger partial charge in [0.05, 0.1) is 18.3 Å². The molecule has 8 nitrogen and oxygen atoms in total. The Morgan fingerprint density at radius 3 is 2.68 bits per heavy atom. The molecule has 3 fully saturated rings. The highest BCUT2D eigenvalue weighted by Crippen LogP contribution is 2.61. The van der Waals surface area contributed by atoms with Crippen LogP contribution in [0.4, 0.5) is 0 Å². The van der Waals surface area contributed by atoms with Crippen molar-refractivity contribution in [2.24, 2.45) is 22.7 Å².